The maximum Gasteiger partial charge on any atom is 0.0485 e. The van der Waals surface area contributed by atoms with Gasteiger partial charge < -0.3 is 15.4 Å². The molecule has 1 aromatic rings. The van der Waals surface area contributed by atoms with Gasteiger partial charge in [-0.2, -0.15) is 0 Å². The van der Waals surface area contributed by atoms with E-state index in [2.05, 4.69) is 16.9 Å². The third kappa shape index (κ3) is 2.33. The highest BCUT2D eigenvalue weighted by atomic mass is 16.5. The maximum absolute atomic E-state index is 5.73. The molecular weight excluding hydrogens is 202 g/mol. The molecule has 2 heterocycles. The second-order valence-electron chi connectivity index (χ2n) is 4.16. The van der Waals surface area contributed by atoms with Crippen molar-refractivity contribution in [1.29, 1.82) is 0 Å². The Morgan fingerprint density at radius 3 is 2.94 bits per heavy atom. The van der Waals surface area contributed by atoms with Crippen LogP contribution in [0.1, 0.15) is 18.4 Å². The summed E-state index contributed by atoms with van der Waals surface area (Å²) < 4.78 is 5.38. The van der Waals surface area contributed by atoms with Crippen molar-refractivity contribution in [2.45, 2.75) is 25.4 Å². The Labute approximate surface area is 96.4 Å². The van der Waals surface area contributed by atoms with Crippen molar-refractivity contribution in [3.8, 4) is 0 Å². The van der Waals surface area contributed by atoms with E-state index in [1.54, 1.807) is 0 Å². The van der Waals surface area contributed by atoms with E-state index in [1.165, 1.54) is 5.69 Å². The summed E-state index contributed by atoms with van der Waals surface area (Å²) in [5.74, 6) is 0. The molecule has 1 saturated heterocycles. The standard InChI is InChI=1S/C12H19N3O/c1-15(11-3-6-16-7-4-11)12-2-5-14-9-10(12)8-13/h2,5,9,11H,3-4,6-8,13H2,1H3. The van der Waals surface area contributed by atoms with Crippen LogP contribution >= 0.6 is 0 Å². The van der Waals surface area contributed by atoms with Gasteiger partial charge in [-0.3, -0.25) is 4.98 Å². The van der Waals surface area contributed by atoms with Crippen LogP contribution in [0.3, 0.4) is 0 Å². The van der Waals surface area contributed by atoms with Crippen LogP contribution in [0.25, 0.3) is 0 Å². The van der Waals surface area contributed by atoms with Crippen LogP contribution in [0.2, 0.25) is 0 Å². The lowest BCUT2D eigenvalue weighted by Gasteiger charge is -2.33. The summed E-state index contributed by atoms with van der Waals surface area (Å²) in [6.07, 6.45) is 5.85. The predicted octanol–water partition coefficient (Wildman–Crippen LogP) is 1.16. The minimum Gasteiger partial charge on any atom is -0.381 e. The highest BCUT2D eigenvalue weighted by molar-refractivity contribution is 5.52. The summed E-state index contributed by atoms with van der Waals surface area (Å²) in [5, 5.41) is 0. The summed E-state index contributed by atoms with van der Waals surface area (Å²) >= 11 is 0. The van der Waals surface area contributed by atoms with Crippen molar-refractivity contribution in [2.75, 3.05) is 25.2 Å². The molecule has 2 rings (SSSR count). The first kappa shape index (κ1) is 11.4. The topological polar surface area (TPSA) is 51.4 Å². The number of hydrogen-bond acceptors (Lipinski definition) is 4. The number of rotatable bonds is 3. The number of pyridine rings is 1. The molecule has 0 atom stereocenters. The van der Waals surface area contributed by atoms with Gasteiger partial charge >= 0.3 is 0 Å². The summed E-state index contributed by atoms with van der Waals surface area (Å²) in [6.45, 7) is 2.26. The lowest BCUT2D eigenvalue weighted by Crippen LogP contribution is -2.37. The minimum atomic E-state index is 0.538. The van der Waals surface area contributed by atoms with Crippen LogP contribution in [-0.2, 0) is 11.3 Å². The Morgan fingerprint density at radius 2 is 2.25 bits per heavy atom. The summed E-state index contributed by atoms with van der Waals surface area (Å²) in [5.41, 5.74) is 8.03. The number of nitrogens with two attached hydrogens (primary N) is 1. The molecule has 1 aliphatic heterocycles. The number of ether oxygens (including phenoxy) is 1. The van der Waals surface area contributed by atoms with E-state index >= 15 is 0 Å². The van der Waals surface area contributed by atoms with Crippen LogP contribution in [0, 0.1) is 0 Å². The first-order valence-electron chi connectivity index (χ1n) is 5.76. The van der Waals surface area contributed by atoms with Gasteiger partial charge in [0.2, 0.25) is 0 Å². The van der Waals surface area contributed by atoms with Gasteiger partial charge in [0.05, 0.1) is 0 Å². The zero-order valence-electron chi connectivity index (χ0n) is 9.72. The van der Waals surface area contributed by atoms with Crippen molar-refractivity contribution < 1.29 is 4.74 Å². The average Bonchev–Trinajstić information content (AvgIpc) is 2.39. The molecule has 0 aliphatic carbocycles. The molecule has 2 N–H and O–H groups in total. The van der Waals surface area contributed by atoms with Crippen LogP contribution in [0.4, 0.5) is 5.69 Å². The van der Waals surface area contributed by atoms with Gasteiger partial charge in [-0.05, 0) is 18.9 Å². The SMILES string of the molecule is CN(c1ccncc1CN)C1CCOCC1. The third-order valence-electron chi connectivity index (χ3n) is 3.22. The lowest BCUT2D eigenvalue weighted by atomic mass is 10.1. The van der Waals surface area contributed by atoms with Crippen LogP contribution < -0.4 is 10.6 Å². The Hall–Kier alpha value is -1.13. The molecular formula is C12H19N3O. The lowest BCUT2D eigenvalue weighted by molar-refractivity contribution is 0.0854. The van der Waals surface area contributed by atoms with Crippen LogP contribution in [0.15, 0.2) is 18.5 Å². The minimum absolute atomic E-state index is 0.538. The second kappa shape index (κ2) is 5.27. The smallest absolute Gasteiger partial charge is 0.0485 e. The summed E-state index contributed by atoms with van der Waals surface area (Å²) in [7, 11) is 2.13. The van der Waals surface area contributed by atoms with Gasteiger partial charge in [0.25, 0.3) is 0 Å². The Bertz CT molecular complexity index is 337. The normalized spacial score (nSPS) is 17.4. The summed E-state index contributed by atoms with van der Waals surface area (Å²) in [4.78, 5) is 6.42. The highest BCUT2D eigenvalue weighted by Gasteiger charge is 2.20. The molecule has 4 heteroatoms. The van der Waals surface area contributed by atoms with E-state index < -0.39 is 0 Å². The van der Waals surface area contributed by atoms with Gasteiger partial charge in [-0.15, -0.1) is 0 Å². The molecule has 4 nitrogen and oxygen atoms in total. The predicted molar refractivity (Wildman–Crippen MR) is 64.4 cm³/mol. The first-order chi connectivity index (χ1) is 7.83. The molecule has 0 spiro atoms. The van der Waals surface area contributed by atoms with E-state index in [0.29, 0.717) is 12.6 Å². The van der Waals surface area contributed by atoms with Crippen molar-refractivity contribution >= 4 is 5.69 Å². The van der Waals surface area contributed by atoms with Crippen molar-refractivity contribution in [1.82, 2.24) is 4.98 Å². The fraction of sp³-hybridized carbons (Fsp3) is 0.583. The van der Waals surface area contributed by atoms with Crippen molar-refractivity contribution in [2.24, 2.45) is 5.73 Å². The van der Waals surface area contributed by atoms with Gasteiger partial charge in [-0.1, -0.05) is 0 Å². The van der Waals surface area contributed by atoms with Gasteiger partial charge in [0.1, 0.15) is 0 Å². The van der Waals surface area contributed by atoms with Crippen molar-refractivity contribution in [3.63, 3.8) is 0 Å². The quantitative estimate of drug-likeness (QED) is 0.832. The Morgan fingerprint density at radius 1 is 1.50 bits per heavy atom. The van der Waals surface area contributed by atoms with E-state index in [0.717, 1.165) is 31.6 Å². The maximum atomic E-state index is 5.73. The molecule has 0 saturated carbocycles. The molecule has 88 valence electrons. The first-order valence-corrected chi connectivity index (χ1v) is 5.76. The Kier molecular flexibility index (Phi) is 3.74. The molecule has 0 aromatic carbocycles. The van der Waals surface area contributed by atoms with E-state index in [-0.39, 0.29) is 0 Å². The Balaban J connectivity index is 2.15. The monoisotopic (exact) mass is 221 g/mol. The van der Waals surface area contributed by atoms with Crippen LogP contribution in [0.5, 0.6) is 0 Å². The van der Waals surface area contributed by atoms with Crippen molar-refractivity contribution in [3.05, 3.63) is 24.0 Å². The van der Waals surface area contributed by atoms with E-state index in [9.17, 15) is 0 Å². The molecule has 16 heavy (non-hydrogen) atoms. The van der Waals surface area contributed by atoms with Gasteiger partial charge in [-0.25, -0.2) is 0 Å². The van der Waals surface area contributed by atoms with Gasteiger partial charge in [0.15, 0.2) is 0 Å². The molecule has 1 aliphatic rings. The molecule has 0 bridgehead atoms. The number of aromatic nitrogens is 1. The average molecular weight is 221 g/mol. The molecule has 1 aromatic heterocycles. The fourth-order valence-electron chi connectivity index (χ4n) is 2.19. The number of anilines is 1. The zero-order chi connectivity index (χ0) is 11.4. The third-order valence-corrected chi connectivity index (χ3v) is 3.22. The second-order valence-corrected chi connectivity index (χ2v) is 4.16. The van der Waals surface area contributed by atoms with E-state index in [4.69, 9.17) is 10.5 Å². The number of hydrogen-bond donors (Lipinski definition) is 1. The fourth-order valence-corrected chi connectivity index (χ4v) is 2.19. The molecule has 0 radical (unpaired) electrons. The van der Waals surface area contributed by atoms with E-state index in [1.807, 2.05) is 18.5 Å². The molecule has 0 amide bonds. The van der Waals surface area contributed by atoms with Gasteiger partial charge in [0, 0.05) is 56.5 Å². The highest BCUT2D eigenvalue weighted by Crippen LogP contribution is 2.23. The molecule has 0 unspecified atom stereocenters. The zero-order valence-corrected chi connectivity index (χ0v) is 9.72. The largest absolute Gasteiger partial charge is 0.381 e. The molecule has 1 fully saturated rings. The van der Waals surface area contributed by atoms with Crippen LogP contribution in [-0.4, -0.2) is 31.3 Å². The number of nitrogens with zero attached hydrogens (tertiary/aromatic N) is 2. The summed E-state index contributed by atoms with van der Waals surface area (Å²) in [6, 6.07) is 2.60.